The lowest BCUT2D eigenvalue weighted by Crippen LogP contribution is -2.38. The molecule has 0 amide bonds. The van der Waals surface area contributed by atoms with Crippen LogP contribution in [0.2, 0.25) is 0 Å². The lowest BCUT2D eigenvalue weighted by molar-refractivity contribution is 0.539. The van der Waals surface area contributed by atoms with Crippen LogP contribution < -0.4 is 5.32 Å². The van der Waals surface area contributed by atoms with Crippen LogP contribution in [-0.4, -0.2) is 31.5 Å². The van der Waals surface area contributed by atoms with Crippen molar-refractivity contribution in [2.45, 2.75) is 63.0 Å². The summed E-state index contributed by atoms with van der Waals surface area (Å²) in [6.07, 6.45) is 3.89. The molecule has 4 heteroatoms. The Balaban J connectivity index is 2.52. The minimum Gasteiger partial charge on any atom is -0.313 e. The second-order valence-electron chi connectivity index (χ2n) is 4.87. The van der Waals surface area contributed by atoms with Gasteiger partial charge in [-0.05, 0) is 19.8 Å². The highest BCUT2D eigenvalue weighted by Crippen LogP contribution is 2.27. The summed E-state index contributed by atoms with van der Waals surface area (Å²) in [7, 11) is -2.90. The molecule has 1 saturated carbocycles. The van der Waals surface area contributed by atoms with E-state index in [2.05, 4.69) is 5.32 Å². The van der Waals surface area contributed by atoms with Crippen LogP contribution in [0.15, 0.2) is 0 Å². The Hall–Kier alpha value is -0.0900. The molecule has 0 aromatic carbocycles. The van der Waals surface area contributed by atoms with Gasteiger partial charge in [0.05, 0.1) is 10.5 Å². The van der Waals surface area contributed by atoms with E-state index in [0.29, 0.717) is 12.6 Å². The molecule has 1 atom stereocenters. The standard InChI is InChI=1S/C11H23NO2S/c1-9(2)12-8-10(3)15(13,14)11-6-4-5-7-11/h9-12H,4-8H2,1-3H3. The van der Waals surface area contributed by atoms with Gasteiger partial charge in [0.15, 0.2) is 9.84 Å². The topological polar surface area (TPSA) is 46.2 Å². The van der Waals surface area contributed by atoms with Crippen LogP contribution in [0.1, 0.15) is 46.5 Å². The van der Waals surface area contributed by atoms with E-state index < -0.39 is 9.84 Å². The van der Waals surface area contributed by atoms with Gasteiger partial charge in [-0.25, -0.2) is 8.42 Å². The first-order valence-electron chi connectivity index (χ1n) is 5.90. The predicted octanol–water partition coefficient (Wildman–Crippen LogP) is 1.73. The SMILES string of the molecule is CC(C)NCC(C)S(=O)(=O)C1CCCC1. The molecule has 15 heavy (non-hydrogen) atoms. The zero-order valence-electron chi connectivity index (χ0n) is 9.99. The van der Waals surface area contributed by atoms with Gasteiger partial charge in [-0.2, -0.15) is 0 Å². The Bertz CT molecular complexity index is 279. The first kappa shape index (κ1) is 13.0. The van der Waals surface area contributed by atoms with Crippen LogP contribution in [0.25, 0.3) is 0 Å². The number of sulfone groups is 1. The third-order valence-corrected chi connectivity index (χ3v) is 5.83. The van der Waals surface area contributed by atoms with Crippen LogP contribution in [0.4, 0.5) is 0 Å². The van der Waals surface area contributed by atoms with Crippen LogP contribution in [-0.2, 0) is 9.84 Å². The smallest absolute Gasteiger partial charge is 0.156 e. The number of nitrogens with one attached hydrogen (secondary N) is 1. The number of hydrogen-bond acceptors (Lipinski definition) is 3. The maximum atomic E-state index is 12.1. The van der Waals surface area contributed by atoms with E-state index in [1.807, 2.05) is 20.8 Å². The largest absolute Gasteiger partial charge is 0.313 e. The van der Waals surface area contributed by atoms with Crippen molar-refractivity contribution in [3.8, 4) is 0 Å². The average molecular weight is 233 g/mol. The third-order valence-electron chi connectivity index (χ3n) is 3.14. The summed E-state index contributed by atoms with van der Waals surface area (Å²) in [5.74, 6) is 0. The maximum Gasteiger partial charge on any atom is 0.156 e. The van der Waals surface area contributed by atoms with E-state index in [4.69, 9.17) is 0 Å². The van der Waals surface area contributed by atoms with E-state index in [1.54, 1.807) is 0 Å². The fraction of sp³-hybridized carbons (Fsp3) is 1.00. The summed E-state index contributed by atoms with van der Waals surface area (Å²) in [6, 6.07) is 0.353. The van der Waals surface area contributed by atoms with Gasteiger partial charge >= 0.3 is 0 Å². The zero-order chi connectivity index (χ0) is 11.5. The van der Waals surface area contributed by atoms with Crippen molar-refractivity contribution in [3.05, 3.63) is 0 Å². The quantitative estimate of drug-likeness (QED) is 0.786. The Morgan fingerprint density at radius 1 is 1.20 bits per heavy atom. The van der Waals surface area contributed by atoms with Crippen molar-refractivity contribution in [2.24, 2.45) is 0 Å². The molecule has 1 fully saturated rings. The minimum atomic E-state index is -2.90. The van der Waals surface area contributed by atoms with Gasteiger partial charge in [0.1, 0.15) is 0 Å². The van der Waals surface area contributed by atoms with Crippen LogP contribution in [0.5, 0.6) is 0 Å². The Morgan fingerprint density at radius 2 is 1.73 bits per heavy atom. The van der Waals surface area contributed by atoms with E-state index in [0.717, 1.165) is 25.7 Å². The van der Waals surface area contributed by atoms with Crippen molar-refractivity contribution in [2.75, 3.05) is 6.54 Å². The lowest BCUT2D eigenvalue weighted by Gasteiger charge is -2.19. The summed E-state index contributed by atoms with van der Waals surface area (Å²) in [5.41, 5.74) is 0. The first-order valence-corrected chi connectivity index (χ1v) is 7.51. The second-order valence-corrected chi connectivity index (χ2v) is 7.52. The second kappa shape index (κ2) is 5.30. The normalized spacial score (nSPS) is 21.1. The van der Waals surface area contributed by atoms with Crippen molar-refractivity contribution >= 4 is 9.84 Å². The molecular formula is C11H23NO2S. The molecule has 0 bridgehead atoms. The molecule has 1 aliphatic carbocycles. The van der Waals surface area contributed by atoms with Gasteiger partial charge in [-0.3, -0.25) is 0 Å². The monoisotopic (exact) mass is 233 g/mol. The van der Waals surface area contributed by atoms with E-state index in [-0.39, 0.29) is 10.5 Å². The molecule has 1 aliphatic rings. The summed E-state index contributed by atoms with van der Waals surface area (Å²) >= 11 is 0. The highest BCUT2D eigenvalue weighted by molar-refractivity contribution is 7.92. The van der Waals surface area contributed by atoms with Crippen molar-refractivity contribution in [1.82, 2.24) is 5.32 Å². The molecule has 0 aromatic heterocycles. The highest BCUT2D eigenvalue weighted by atomic mass is 32.2. The average Bonchev–Trinajstić information content (AvgIpc) is 2.66. The number of hydrogen-bond donors (Lipinski definition) is 1. The molecule has 0 radical (unpaired) electrons. The lowest BCUT2D eigenvalue weighted by atomic mass is 10.3. The highest BCUT2D eigenvalue weighted by Gasteiger charge is 2.32. The van der Waals surface area contributed by atoms with Gasteiger partial charge in [-0.1, -0.05) is 26.7 Å². The molecule has 1 unspecified atom stereocenters. The Morgan fingerprint density at radius 3 is 2.20 bits per heavy atom. The Labute approximate surface area is 93.6 Å². The number of rotatable bonds is 5. The predicted molar refractivity (Wildman–Crippen MR) is 63.8 cm³/mol. The molecule has 90 valence electrons. The fourth-order valence-corrected chi connectivity index (χ4v) is 4.04. The van der Waals surface area contributed by atoms with Crippen molar-refractivity contribution in [1.29, 1.82) is 0 Å². The summed E-state index contributed by atoms with van der Waals surface area (Å²) < 4.78 is 24.2. The van der Waals surface area contributed by atoms with E-state index in [1.165, 1.54) is 0 Å². The van der Waals surface area contributed by atoms with Crippen LogP contribution in [0.3, 0.4) is 0 Å². The summed E-state index contributed by atoms with van der Waals surface area (Å²) in [5, 5.41) is 2.88. The molecule has 0 heterocycles. The molecule has 0 spiro atoms. The van der Waals surface area contributed by atoms with E-state index >= 15 is 0 Å². The fourth-order valence-electron chi connectivity index (χ4n) is 2.06. The molecule has 0 aliphatic heterocycles. The molecule has 1 N–H and O–H groups in total. The third kappa shape index (κ3) is 3.45. The molecule has 3 nitrogen and oxygen atoms in total. The first-order chi connectivity index (χ1) is 6.94. The van der Waals surface area contributed by atoms with Crippen LogP contribution >= 0.6 is 0 Å². The van der Waals surface area contributed by atoms with Gasteiger partial charge < -0.3 is 5.32 Å². The van der Waals surface area contributed by atoms with Gasteiger partial charge in [0.2, 0.25) is 0 Å². The molecular weight excluding hydrogens is 210 g/mol. The van der Waals surface area contributed by atoms with Gasteiger partial charge in [0.25, 0.3) is 0 Å². The molecule has 0 aromatic rings. The maximum absolute atomic E-state index is 12.1. The zero-order valence-corrected chi connectivity index (χ0v) is 10.8. The Kier molecular flexibility index (Phi) is 4.59. The van der Waals surface area contributed by atoms with Gasteiger partial charge in [-0.15, -0.1) is 0 Å². The van der Waals surface area contributed by atoms with Gasteiger partial charge in [0, 0.05) is 12.6 Å². The summed E-state index contributed by atoms with van der Waals surface area (Å²) in [4.78, 5) is 0. The molecule has 1 rings (SSSR count). The van der Waals surface area contributed by atoms with Crippen molar-refractivity contribution in [3.63, 3.8) is 0 Å². The molecule has 0 saturated heterocycles. The van der Waals surface area contributed by atoms with Crippen LogP contribution in [0, 0.1) is 0 Å². The minimum absolute atomic E-state index is 0.0681. The summed E-state index contributed by atoms with van der Waals surface area (Å²) in [6.45, 7) is 6.48. The van der Waals surface area contributed by atoms with E-state index in [9.17, 15) is 8.42 Å². The van der Waals surface area contributed by atoms with Crippen molar-refractivity contribution < 1.29 is 8.42 Å².